The van der Waals surface area contributed by atoms with Crippen LogP contribution in [0.3, 0.4) is 0 Å². The Bertz CT molecular complexity index is 1160. The minimum atomic E-state index is -0.663. The van der Waals surface area contributed by atoms with Crippen LogP contribution in [0.25, 0.3) is 11.1 Å². The molecule has 1 amide bonds. The molecule has 2 aliphatic rings. The third-order valence-corrected chi connectivity index (χ3v) is 6.06. The Morgan fingerprint density at radius 3 is 2.55 bits per heavy atom. The van der Waals surface area contributed by atoms with E-state index < -0.39 is 5.60 Å². The maximum Gasteiger partial charge on any atom is 0.341 e. The van der Waals surface area contributed by atoms with Crippen LogP contribution in [0.4, 0.5) is 10.3 Å². The number of amides is 1. The van der Waals surface area contributed by atoms with Crippen molar-refractivity contribution in [2.45, 2.75) is 31.3 Å². The van der Waals surface area contributed by atoms with Crippen LogP contribution in [0.5, 0.6) is 0 Å². The lowest BCUT2D eigenvalue weighted by Crippen LogP contribution is -2.36. The Balaban J connectivity index is 1.24. The summed E-state index contributed by atoms with van der Waals surface area (Å²) < 4.78 is 19.6. The largest absolute Gasteiger partial charge is 0.451 e. The highest BCUT2D eigenvalue weighted by molar-refractivity contribution is 5.94. The van der Waals surface area contributed by atoms with Crippen LogP contribution >= 0.6 is 0 Å². The number of fused-ring (bicyclic) bond motifs is 2. The number of anilines is 1. The monoisotopic (exact) mass is 417 g/mol. The van der Waals surface area contributed by atoms with Gasteiger partial charge in [-0.05, 0) is 37.8 Å². The van der Waals surface area contributed by atoms with Gasteiger partial charge in [-0.15, -0.1) is 0 Å². The van der Waals surface area contributed by atoms with E-state index >= 15 is 0 Å². The van der Waals surface area contributed by atoms with Crippen molar-refractivity contribution in [2.24, 2.45) is 5.92 Å². The summed E-state index contributed by atoms with van der Waals surface area (Å²) in [5.74, 6) is -0.940. The van der Waals surface area contributed by atoms with Crippen LogP contribution in [-0.2, 0) is 15.1 Å². The van der Waals surface area contributed by atoms with Gasteiger partial charge in [0.25, 0.3) is 0 Å². The number of aromatic nitrogens is 3. The smallest absolute Gasteiger partial charge is 0.341 e. The van der Waals surface area contributed by atoms with E-state index in [1.165, 1.54) is 24.7 Å². The molecule has 1 spiro atoms. The topological polar surface area (TPSA) is 94.1 Å². The SMILES string of the molecule is O=C1OC2(CCC(C(=O)Nc3ncc(-c4ccccc4[18F])cn3)CC2)c2ccncc21. The zero-order valence-corrected chi connectivity index (χ0v) is 16.5. The summed E-state index contributed by atoms with van der Waals surface area (Å²) in [4.78, 5) is 37.2. The second-order valence-corrected chi connectivity index (χ2v) is 7.84. The molecule has 8 heteroatoms. The molecular formula is C23H19FN4O3. The van der Waals surface area contributed by atoms with Gasteiger partial charge in [0.15, 0.2) is 0 Å². The van der Waals surface area contributed by atoms with Gasteiger partial charge >= 0.3 is 5.97 Å². The Kier molecular flexibility index (Phi) is 4.69. The molecule has 0 radical (unpaired) electrons. The number of nitrogens with zero attached hydrogens (tertiary/aromatic N) is 3. The van der Waals surface area contributed by atoms with Gasteiger partial charge in [-0.25, -0.2) is 19.2 Å². The number of nitrogens with one attached hydrogen (secondary N) is 1. The van der Waals surface area contributed by atoms with Crippen LogP contribution in [0, 0.1) is 11.7 Å². The Morgan fingerprint density at radius 2 is 1.81 bits per heavy atom. The number of ether oxygens (including phenoxy) is 1. The third kappa shape index (κ3) is 3.43. The van der Waals surface area contributed by atoms with Gasteiger partial charge in [0.05, 0.1) is 5.56 Å². The minimum Gasteiger partial charge on any atom is -0.451 e. The van der Waals surface area contributed by atoms with Crippen molar-refractivity contribution in [1.82, 2.24) is 15.0 Å². The Labute approximate surface area is 177 Å². The van der Waals surface area contributed by atoms with Crippen LogP contribution in [0.2, 0.25) is 0 Å². The first kappa shape index (κ1) is 19.3. The highest BCUT2D eigenvalue weighted by Crippen LogP contribution is 2.47. The molecule has 156 valence electrons. The van der Waals surface area contributed by atoms with Gasteiger partial charge in [-0.1, -0.05) is 18.2 Å². The highest BCUT2D eigenvalue weighted by atomic mass is 18.2. The maximum atomic E-state index is 13.9. The van der Waals surface area contributed by atoms with Crippen molar-refractivity contribution in [3.05, 3.63) is 72.1 Å². The fourth-order valence-electron chi connectivity index (χ4n) is 4.40. The van der Waals surface area contributed by atoms with E-state index in [9.17, 15) is 14.0 Å². The van der Waals surface area contributed by atoms with Crippen LogP contribution in [-0.4, -0.2) is 26.8 Å². The molecule has 2 aromatic heterocycles. The van der Waals surface area contributed by atoms with Crippen molar-refractivity contribution in [3.63, 3.8) is 0 Å². The minimum absolute atomic E-state index is 0.173. The molecule has 1 aliphatic heterocycles. The van der Waals surface area contributed by atoms with Crippen LogP contribution < -0.4 is 5.32 Å². The zero-order chi connectivity index (χ0) is 21.4. The van der Waals surface area contributed by atoms with Gasteiger partial charge < -0.3 is 4.74 Å². The summed E-state index contributed by atoms with van der Waals surface area (Å²) >= 11 is 0. The normalized spacial score (nSPS) is 22.1. The maximum absolute atomic E-state index is 13.9. The van der Waals surface area contributed by atoms with Gasteiger partial charge in [-0.3, -0.25) is 15.1 Å². The van der Waals surface area contributed by atoms with E-state index in [1.807, 2.05) is 6.07 Å². The first-order chi connectivity index (χ1) is 15.1. The number of hydrogen-bond donors (Lipinski definition) is 1. The quantitative estimate of drug-likeness (QED) is 0.650. The van der Waals surface area contributed by atoms with Crippen molar-refractivity contribution < 1.29 is 18.7 Å². The fourth-order valence-corrected chi connectivity index (χ4v) is 4.40. The summed E-state index contributed by atoms with van der Waals surface area (Å²) in [7, 11) is 0. The average Bonchev–Trinajstić information content (AvgIpc) is 3.07. The summed E-state index contributed by atoms with van der Waals surface area (Å²) in [6, 6.07) is 8.20. The molecule has 31 heavy (non-hydrogen) atoms. The molecule has 1 aliphatic carbocycles. The van der Waals surface area contributed by atoms with E-state index in [-0.39, 0.29) is 29.6 Å². The summed E-state index contributed by atoms with van der Waals surface area (Å²) in [5.41, 5.74) is 1.64. The molecule has 7 nitrogen and oxygen atoms in total. The standard InChI is InChI=1S/C23H19FN4O3/c24-19-4-2-1-3-16(19)15-11-26-22(27-12-15)28-20(29)14-5-8-23(9-6-14)18-7-10-25-13-17(18)21(30)31-23/h1-4,7,10-14H,5-6,8-9H2,(H,26,27,28,29)/i24-1. The summed E-state index contributed by atoms with van der Waals surface area (Å²) in [6.07, 6.45) is 8.46. The molecule has 3 heterocycles. The number of esters is 1. The summed E-state index contributed by atoms with van der Waals surface area (Å²) in [5, 5.41) is 2.74. The van der Waals surface area contributed by atoms with Gasteiger partial charge in [0, 0.05) is 47.4 Å². The van der Waals surface area contributed by atoms with E-state index in [4.69, 9.17) is 4.74 Å². The first-order valence-electron chi connectivity index (χ1n) is 10.1. The number of carbonyl (C=O) groups is 2. The Morgan fingerprint density at radius 1 is 1.06 bits per heavy atom. The van der Waals surface area contributed by atoms with Crippen molar-refractivity contribution in [2.75, 3.05) is 5.32 Å². The fraction of sp³-hybridized carbons (Fsp3) is 0.261. The highest BCUT2D eigenvalue weighted by Gasteiger charge is 2.48. The van der Waals surface area contributed by atoms with Gasteiger partial charge in [0.2, 0.25) is 11.9 Å². The predicted molar refractivity (Wildman–Crippen MR) is 109 cm³/mol. The molecule has 1 N–H and O–H groups in total. The van der Waals surface area contributed by atoms with Crippen molar-refractivity contribution in [3.8, 4) is 11.1 Å². The van der Waals surface area contributed by atoms with Gasteiger partial charge in [-0.2, -0.15) is 0 Å². The zero-order valence-electron chi connectivity index (χ0n) is 16.5. The number of rotatable bonds is 3. The molecule has 1 fully saturated rings. The second-order valence-electron chi connectivity index (χ2n) is 7.84. The van der Waals surface area contributed by atoms with Crippen LogP contribution in [0.15, 0.2) is 55.1 Å². The van der Waals surface area contributed by atoms with E-state index in [2.05, 4.69) is 20.3 Å². The first-order valence-corrected chi connectivity index (χ1v) is 10.1. The predicted octanol–water partition coefficient (Wildman–Crippen LogP) is 3.87. The molecule has 0 bridgehead atoms. The molecule has 3 aromatic rings. The average molecular weight is 417 g/mol. The molecular weight excluding hydrogens is 398 g/mol. The summed E-state index contributed by atoms with van der Waals surface area (Å²) in [6.45, 7) is 0. The molecule has 0 atom stereocenters. The molecule has 0 saturated heterocycles. The number of pyridine rings is 1. The molecule has 5 rings (SSSR count). The lowest BCUT2D eigenvalue weighted by Gasteiger charge is -2.35. The van der Waals surface area contributed by atoms with Crippen LogP contribution in [0.1, 0.15) is 41.6 Å². The molecule has 0 unspecified atom stereocenters. The lowest BCUT2D eigenvalue weighted by molar-refractivity contribution is -0.122. The second kappa shape index (κ2) is 7.54. The number of carbonyl (C=O) groups excluding carboxylic acids is 2. The number of benzene rings is 1. The van der Waals surface area contributed by atoms with E-state index in [0.29, 0.717) is 42.4 Å². The number of hydrogen-bond acceptors (Lipinski definition) is 6. The van der Waals surface area contributed by atoms with Gasteiger partial charge in [0.1, 0.15) is 11.4 Å². The number of halogens is 1. The van der Waals surface area contributed by atoms with Crippen molar-refractivity contribution in [1.29, 1.82) is 0 Å². The lowest BCUT2D eigenvalue weighted by atomic mass is 9.75. The molecule has 1 saturated carbocycles. The Hall–Kier alpha value is -3.68. The van der Waals surface area contributed by atoms with E-state index in [1.54, 1.807) is 24.4 Å². The molecule has 1 aromatic carbocycles. The third-order valence-electron chi connectivity index (χ3n) is 6.06. The van der Waals surface area contributed by atoms with E-state index in [0.717, 1.165) is 5.56 Å². The van der Waals surface area contributed by atoms with Crippen molar-refractivity contribution >= 4 is 17.8 Å².